The van der Waals surface area contributed by atoms with Gasteiger partial charge in [0.1, 0.15) is 11.5 Å². The standard InChI is InChI=1S/C20H25N3O4/c1-21-7-6-15(14-21)12-19(24)22-8-10-23(11-9-22)20(25)17-13-16(26-2)4-5-18(17)27-3/h4-7,13-14H,8-12H2,1-3H3. The van der Waals surface area contributed by atoms with Crippen LogP contribution in [0.15, 0.2) is 36.7 Å². The maximum Gasteiger partial charge on any atom is 0.257 e. The molecule has 2 aromatic rings. The summed E-state index contributed by atoms with van der Waals surface area (Å²) < 4.78 is 12.5. The molecule has 0 spiro atoms. The Morgan fingerprint density at radius 2 is 1.70 bits per heavy atom. The van der Waals surface area contributed by atoms with E-state index >= 15 is 0 Å². The van der Waals surface area contributed by atoms with Gasteiger partial charge in [0.2, 0.25) is 5.91 Å². The van der Waals surface area contributed by atoms with Crippen molar-refractivity contribution in [2.45, 2.75) is 6.42 Å². The lowest BCUT2D eigenvalue weighted by Crippen LogP contribution is -2.51. The van der Waals surface area contributed by atoms with Gasteiger partial charge in [-0.1, -0.05) is 0 Å². The van der Waals surface area contributed by atoms with Crippen LogP contribution in [-0.4, -0.2) is 66.6 Å². The number of carbonyl (C=O) groups is 2. The molecule has 27 heavy (non-hydrogen) atoms. The highest BCUT2D eigenvalue weighted by Gasteiger charge is 2.26. The van der Waals surface area contributed by atoms with E-state index in [1.54, 1.807) is 37.3 Å². The summed E-state index contributed by atoms with van der Waals surface area (Å²) in [7, 11) is 5.04. The molecule has 7 nitrogen and oxygen atoms in total. The van der Waals surface area contributed by atoms with Crippen LogP contribution in [0.2, 0.25) is 0 Å². The van der Waals surface area contributed by atoms with Gasteiger partial charge in [0.15, 0.2) is 0 Å². The van der Waals surface area contributed by atoms with Gasteiger partial charge in [-0.2, -0.15) is 0 Å². The van der Waals surface area contributed by atoms with Crippen molar-refractivity contribution in [3.63, 3.8) is 0 Å². The maximum atomic E-state index is 12.9. The summed E-state index contributed by atoms with van der Waals surface area (Å²) in [5.74, 6) is 1.10. The Labute approximate surface area is 159 Å². The second kappa shape index (κ2) is 8.16. The first-order valence-electron chi connectivity index (χ1n) is 8.91. The average Bonchev–Trinajstić information content (AvgIpc) is 3.11. The van der Waals surface area contributed by atoms with Gasteiger partial charge in [-0.25, -0.2) is 0 Å². The zero-order valence-electron chi connectivity index (χ0n) is 16.0. The van der Waals surface area contributed by atoms with E-state index in [0.717, 1.165) is 5.56 Å². The molecule has 0 aliphatic carbocycles. The predicted molar refractivity (Wildman–Crippen MR) is 101 cm³/mol. The summed E-state index contributed by atoms with van der Waals surface area (Å²) in [5, 5.41) is 0. The van der Waals surface area contributed by atoms with E-state index in [9.17, 15) is 9.59 Å². The minimum atomic E-state index is -0.110. The van der Waals surface area contributed by atoms with Crippen molar-refractivity contribution in [3.8, 4) is 11.5 Å². The molecule has 0 saturated carbocycles. The minimum absolute atomic E-state index is 0.0901. The highest BCUT2D eigenvalue weighted by atomic mass is 16.5. The molecular formula is C20H25N3O4. The number of hydrogen-bond donors (Lipinski definition) is 0. The number of carbonyl (C=O) groups excluding carboxylic acids is 2. The van der Waals surface area contributed by atoms with E-state index in [-0.39, 0.29) is 11.8 Å². The Balaban J connectivity index is 1.61. The van der Waals surface area contributed by atoms with E-state index in [4.69, 9.17) is 9.47 Å². The Kier molecular flexibility index (Phi) is 5.69. The van der Waals surface area contributed by atoms with Crippen LogP contribution in [-0.2, 0) is 18.3 Å². The molecular weight excluding hydrogens is 346 g/mol. The molecule has 7 heteroatoms. The van der Waals surface area contributed by atoms with Crippen molar-refractivity contribution >= 4 is 11.8 Å². The molecule has 2 heterocycles. The molecule has 1 aliphatic rings. The van der Waals surface area contributed by atoms with Crippen LogP contribution in [0.4, 0.5) is 0 Å². The molecule has 3 rings (SSSR count). The first kappa shape index (κ1) is 18.8. The molecule has 1 aromatic heterocycles. The molecule has 0 radical (unpaired) electrons. The smallest absolute Gasteiger partial charge is 0.257 e. The van der Waals surface area contributed by atoms with Crippen molar-refractivity contribution in [2.24, 2.45) is 7.05 Å². The lowest BCUT2D eigenvalue weighted by atomic mass is 10.1. The summed E-state index contributed by atoms with van der Waals surface area (Å²) >= 11 is 0. The van der Waals surface area contributed by atoms with Gasteiger partial charge in [-0.05, 0) is 29.8 Å². The Bertz CT molecular complexity index is 822. The van der Waals surface area contributed by atoms with E-state index in [0.29, 0.717) is 49.7 Å². The fourth-order valence-corrected chi connectivity index (χ4v) is 3.26. The molecule has 144 valence electrons. The molecule has 2 amide bonds. The number of hydrogen-bond acceptors (Lipinski definition) is 4. The van der Waals surface area contributed by atoms with Gasteiger partial charge in [0.25, 0.3) is 5.91 Å². The first-order valence-corrected chi connectivity index (χ1v) is 8.91. The van der Waals surface area contributed by atoms with Crippen LogP contribution >= 0.6 is 0 Å². The molecule has 1 aliphatic heterocycles. The summed E-state index contributed by atoms with van der Waals surface area (Å²) in [6, 6.07) is 7.13. The number of methoxy groups -OCH3 is 2. The third-order valence-electron chi connectivity index (χ3n) is 4.81. The van der Waals surface area contributed by atoms with Crippen molar-refractivity contribution in [1.29, 1.82) is 0 Å². The van der Waals surface area contributed by atoms with E-state index in [2.05, 4.69) is 0 Å². The molecule has 1 fully saturated rings. The van der Waals surface area contributed by atoms with Gasteiger partial charge >= 0.3 is 0 Å². The summed E-state index contributed by atoms with van der Waals surface area (Å²) in [5.41, 5.74) is 1.48. The number of amides is 2. The molecule has 0 N–H and O–H groups in total. The Morgan fingerprint density at radius 1 is 1.00 bits per heavy atom. The third kappa shape index (κ3) is 4.24. The Morgan fingerprint density at radius 3 is 2.30 bits per heavy atom. The number of nitrogens with zero attached hydrogens (tertiary/aromatic N) is 3. The van der Waals surface area contributed by atoms with Crippen LogP contribution in [0, 0.1) is 0 Å². The number of benzene rings is 1. The monoisotopic (exact) mass is 371 g/mol. The van der Waals surface area contributed by atoms with Crippen LogP contribution in [0.1, 0.15) is 15.9 Å². The van der Waals surface area contributed by atoms with Gasteiger partial charge in [0.05, 0.1) is 26.2 Å². The molecule has 0 unspecified atom stereocenters. The third-order valence-corrected chi connectivity index (χ3v) is 4.81. The summed E-state index contributed by atoms with van der Waals surface area (Å²) in [6.07, 6.45) is 4.27. The van der Waals surface area contributed by atoms with Crippen molar-refractivity contribution < 1.29 is 19.1 Å². The number of ether oxygens (including phenoxy) is 2. The molecule has 0 atom stereocenters. The number of piperazine rings is 1. The zero-order chi connectivity index (χ0) is 19.4. The van der Waals surface area contributed by atoms with Gasteiger partial charge in [-0.15, -0.1) is 0 Å². The van der Waals surface area contributed by atoms with Crippen molar-refractivity contribution in [3.05, 3.63) is 47.8 Å². The topological polar surface area (TPSA) is 64.0 Å². The lowest BCUT2D eigenvalue weighted by molar-refractivity contribution is -0.131. The summed E-state index contributed by atoms with van der Waals surface area (Å²) in [6.45, 7) is 2.06. The van der Waals surface area contributed by atoms with E-state index in [1.165, 1.54) is 0 Å². The van der Waals surface area contributed by atoms with Crippen LogP contribution in [0.3, 0.4) is 0 Å². The normalized spacial score (nSPS) is 14.2. The zero-order valence-corrected chi connectivity index (χ0v) is 16.0. The van der Waals surface area contributed by atoms with Crippen LogP contribution in [0.5, 0.6) is 11.5 Å². The van der Waals surface area contributed by atoms with Gasteiger partial charge < -0.3 is 23.8 Å². The van der Waals surface area contributed by atoms with E-state index in [1.807, 2.05) is 35.0 Å². The van der Waals surface area contributed by atoms with E-state index < -0.39 is 0 Å². The molecule has 0 bridgehead atoms. The fourth-order valence-electron chi connectivity index (χ4n) is 3.26. The Hall–Kier alpha value is -2.96. The number of aryl methyl sites for hydroxylation is 1. The highest BCUT2D eigenvalue weighted by molar-refractivity contribution is 5.97. The molecule has 1 saturated heterocycles. The second-order valence-electron chi connectivity index (χ2n) is 6.60. The second-order valence-corrected chi connectivity index (χ2v) is 6.60. The average molecular weight is 371 g/mol. The molecule has 1 aromatic carbocycles. The summed E-state index contributed by atoms with van der Waals surface area (Å²) in [4.78, 5) is 29.0. The number of aromatic nitrogens is 1. The first-order chi connectivity index (χ1) is 13.0. The van der Waals surface area contributed by atoms with Gasteiger partial charge in [-0.3, -0.25) is 9.59 Å². The highest BCUT2D eigenvalue weighted by Crippen LogP contribution is 2.25. The van der Waals surface area contributed by atoms with Crippen molar-refractivity contribution in [1.82, 2.24) is 14.4 Å². The largest absolute Gasteiger partial charge is 0.497 e. The van der Waals surface area contributed by atoms with Gasteiger partial charge in [0, 0.05) is 45.6 Å². The van der Waals surface area contributed by atoms with Crippen molar-refractivity contribution in [2.75, 3.05) is 40.4 Å². The van der Waals surface area contributed by atoms with Crippen LogP contribution < -0.4 is 9.47 Å². The van der Waals surface area contributed by atoms with Crippen LogP contribution in [0.25, 0.3) is 0 Å². The quantitative estimate of drug-likeness (QED) is 0.800. The SMILES string of the molecule is COc1ccc(OC)c(C(=O)N2CCN(C(=O)Cc3ccn(C)c3)CC2)c1. The predicted octanol–water partition coefficient (Wildman–Crippen LogP) is 1.57. The minimum Gasteiger partial charge on any atom is -0.497 e. The lowest BCUT2D eigenvalue weighted by Gasteiger charge is -2.35. The number of rotatable bonds is 5. The maximum absolute atomic E-state index is 12.9. The fraction of sp³-hybridized carbons (Fsp3) is 0.400.